The molecule has 0 aliphatic rings. The van der Waals surface area contributed by atoms with E-state index in [1.807, 2.05) is 83.1 Å². The van der Waals surface area contributed by atoms with Crippen LogP contribution in [0.4, 0.5) is 0 Å². The highest BCUT2D eigenvalue weighted by atomic mass is 32.2. The molecule has 2 aromatic carbocycles. The number of hydrogen-bond acceptors (Lipinski definition) is 2. The maximum Gasteiger partial charge on any atom is 0.128 e. The first-order valence-electron chi connectivity index (χ1n) is 8.15. The van der Waals surface area contributed by atoms with Gasteiger partial charge >= 0.3 is 0 Å². The molecule has 0 amide bonds. The van der Waals surface area contributed by atoms with Crippen LogP contribution in [0.1, 0.15) is 43.0 Å². The van der Waals surface area contributed by atoms with Crippen LogP contribution in [0.3, 0.4) is 0 Å². The van der Waals surface area contributed by atoms with Crippen molar-refractivity contribution >= 4 is 11.0 Å². The highest BCUT2D eigenvalue weighted by Crippen LogP contribution is 2.30. The maximum atomic E-state index is 12.4. The summed E-state index contributed by atoms with van der Waals surface area (Å²) >= 11 is 0. The van der Waals surface area contributed by atoms with Crippen LogP contribution < -0.4 is 4.72 Å². The van der Waals surface area contributed by atoms with E-state index >= 15 is 0 Å². The summed E-state index contributed by atoms with van der Waals surface area (Å²) in [5, 5.41) is 11.5. The Morgan fingerprint density at radius 2 is 1.25 bits per heavy atom. The van der Waals surface area contributed by atoms with Crippen LogP contribution in [-0.4, -0.2) is 20.6 Å². The molecular formula is C20H27NO2S. The minimum atomic E-state index is -1.25. The highest BCUT2D eigenvalue weighted by Gasteiger charge is 2.33. The molecule has 0 spiro atoms. The van der Waals surface area contributed by atoms with Crippen LogP contribution in [0.15, 0.2) is 48.5 Å². The van der Waals surface area contributed by atoms with Crippen molar-refractivity contribution in [1.82, 2.24) is 4.72 Å². The van der Waals surface area contributed by atoms with Crippen molar-refractivity contribution in [2.24, 2.45) is 0 Å². The van der Waals surface area contributed by atoms with Crippen LogP contribution in [-0.2, 0) is 16.6 Å². The fraction of sp³-hybridized carbons (Fsp3) is 0.400. The van der Waals surface area contributed by atoms with Gasteiger partial charge in [-0.15, -0.1) is 0 Å². The van der Waals surface area contributed by atoms with Crippen molar-refractivity contribution in [3.63, 3.8) is 0 Å². The molecule has 0 heterocycles. The van der Waals surface area contributed by atoms with Gasteiger partial charge in [0.2, 0.25) is 0 Å². The van der Waals surface area contributed by atoms with E-state index in [1.165, 1.54) is 0 Å². The number of hydrogen-bond donors (Lipinski definition) is 2. The van der Waals surface area contributed by atoms with E-state index in [2.05, 4.69) is 4.72 Å². The molecule has 0 saturated carbocycles. The molecule has 130 valence electrons. The van der Waals surface area contributed by atoms with Gasteiger partial charge in [0.15, 0.2) is 0 Å². The Bertz CT molecular complexity index is 654. The van der Waals surface area contributed by atoms with Gasteiger partial charge in [-0.2, -0.15) is 0 Å². The fourth-order valence-corrected chi connectivity index (χ4v) is 3.19. The van der Waals surface area contributed by atoms with Gasteiger partial charge < -0.3 is 5.11 Å². The number of rotatable bonds is 5. The smallest absolute Gasteiger partial charge is 0.128 e. The molecule has 0 unspecified atom stereocenters. The van der Waals surface area contributed by atoms with Crippen LogP contribution in [0.2, 0.25) is 0 Å². The number of nitrogens with one attached hydrogen (secondary N) is 1. The van der Waals surface area contributed by atoms with Gasteiger partial charge in [-0.3, -0.25) is 0 Å². The van der Waals surface area contributed by atoms with Crippen LogP contribution in [0, 0.1) is 13.8 Å². The molecule has 0 fully saturated rings. The molecular weight excluding hydrogens is 318 g/mol. The average molecular weight is 346 g/mol. The van der Waals surface area contributed by atoms with Crippen molar-refractivity contribution in [1.29, 1.82) is 0 Å². The SMILES string of the molecule is Cc1ccc(C(O)(CN[S@@](=O)C(C)(C)C)c2ccc(C)cc2)cc1. The van der Waals surface area contributed by atoms with E-state index < -0.39 is 16.6 Å². The van der Waals surface area contributed by atoms with Gasteiger partial charge in [-0.25, -0.2) is 8.93 Å². The van der Waals surface area contributed by atoms with E-state index in [-0.39, 0.29) is 11.3 Å². The molecule has 3 nitrogen and oxygen atoms in total. The number of aryl methyl sites for hydroxylation is 2. The monoisotopic (exact) mass is 345 g/mol. The Kier molecular flexibility index (Phi) is 5.63. The lowest BCUT2D eigenvalue weighted by atomic mass is 9.86. The maximum absolute atomic E-state index is 12.4. The van der Waals surface area contributed by atoms with E-state index in [0.29, 0.717) is 0 Å². The summed E-state index contributed by atoms with van der Waals surface area (Å²) in [6, 6.07) is 15.6. The molecule has 0 bridgehead atoms. The predicted molar refractivity (Wildman–Crippen MR) is 101 cm³/mol. The first-order chi connectivity index (χ1) is 11.1. The number of benzene rings is 2. The van der Waals surface area contributed by atoms with Crippen LogP contribution >= 0.6 is 0 Å². The number of aliphatic hydroxyl groups is 1. The predicted octanol–water partition coefficient (Wildman–Crippen LogP) is 3.59. The zero-order valence-corrected chi connectivity index (χ0v) is 15.9. The summed E-state index contributed by atoms with van der Waals surface area (Å²) in [6.45, 7) is 9.94. The van der Waals surface area contributed by atoms with Crippen molar-refractivity contribution in [2.75, 3.05) is 6.54 Å². The van der Waals surface area contributed by atoms with Gasteiger partial charge in [0.25, 0.3) is 0 Å². The third kappa shape index (κ3) is 4.32. The topological polar surface area (TPSA) is 49.3 Å². The molecule has 0 saturated heterocycles. The molecule has 0 aliphatic heterocycles. The van der Waals surface area contributed by atoms with E-state index in [1.54, 1.807) is 0 Å². The molecule has 2 rings (SSSR count). The van der Waals surface area contributed by atoms with Crippen LogP contribution in [0.5, 0.6) is 0 Å². The van der Waals surface area contributed by atoms with E-state index in [4.69, 9.17) is 0 Å². The first kappa shape index (κ1) is 18.8. The second-order valence-corrected chi connectivity index (χ2v) is 9.35. The summed E-state index contributed by atoms with van der Waals surface area (Å²) in [5.41, 5.74) is 2.61. The minimum absolute atomic E-state index is 0.184. The van der Waals surface area contributed by atoms with Crippen molar-refractivity contribution in [2.45, 2.75) is 45.0 Å². The highest BCUT2D eigenvalue weighted by molar-refractivity contribution is 7.84. The van der Waals surface area contributed by atoms with Crippen molar-refractivity contribution in [3.05, 3.63) is 70.8 Å². The summed E-state index contributed by atoms with van der Waals surface area (Å²) < 4.78 is 15.0. The van der Waals surface area contributed by atoms with Crippen molar-refractivity contribution in [3.8, 4) is 0 Å². The Balaban J connectivity index is 2.39. The summed E-state index contributed by atoms with van der Waals surface area (Å²) in [7, 11) is -1.25. The third-order valence-electron chi connectivity index (χ3n) is 4.07. The molecule has 2 aromatic rings. The molecule has 1 atom stereocenters. The quantitative estimate of drug-likeness (QED) is 0.870. The fourth-order valence-electron chi connectivity index (χ4n) is 2.42. The van der Waals surface area contributed by atoms with Gasteiger partial charge in [0.05, 0.1) is 15.7 Å². The van der Waals surface area contributed by atoms with Gasteiger partial charge in [-0.1, -0.05) is 59.7 Å². The molecule has 24 heavy (non-hydrogen) atoms. The second kappa shape index (κ2) is 7.18. The van der Waals surface area contributed by atoms with Gasteiger partial charge in [-0.05, 0) is 45.7 Å². The standard InChI is InChI=1S/C20H27NO2S/c1-15-6-10-17(11-7-15)20(22,14-21-24(23)19(3,4)5)18-12-8-16(2)9-13-18/h6-13,21-22H,14H2,1-5H3/t24-/m0/s1. The molecule has 4 heteroatoms. The molecule has 2 N–H and O–H groups in total. The lowest BCUT2D eigenvalue weighted by Gasteiger charge is -2.31. The minimum Gasteiger partial charge on any atom is -0.379 e. The summed E-state index contributed by atoms with van der Waals surface area (Å²) in [4.78, 5) is 0. The molecule has 0 radical (unpaired) electrons. The lowest BCUT2D eigenvalue weighted by Crippen LogP contribution is -2.43. The molecule has 0 aromatic heterocycles. The van der Waals surface area contributed by atoms with E-state index in [9.17, 15) is 9.32 Å². The first-order valence-corrected chi connectivity index (χ1v) is 9.30. The Morgan fingerprint density at radius 3 is 1.58 bits per heavy atom. The van der Waals surface area contributed by atoms with Gasteiger partial charge in [0.1, 0.15) is 5.60 Å². The Hall–Kier alpha value is -1.49. The Morgan fingerprint density at radius 1 is 0.875 bits per heavy atom. The largest absolute Gasteiger partial charge is 0.379 e. The molecule has 0 aliphatic carbocycles. The second-order valence-electron chi connectivity index (χ2n) is 7.29. The van der Waals surface area contributed by atoms with Crippen molar-refractivity contribution < 1.29 is 9.32 Å². The Labute approximate surface area is 147 Å². The lowest BCUT2D eigenvalue weighted by molar-refractivity contribution is 0.0863. The third-order valence-corrected chi connectivity index (χ3v) is 5.59. The van der Waals surface area contributed by atoms with Crippen LogP contribution in [0.25, 0.3) is 0 Å². The zero-order valence-electron chi connectivity index (χ0n) is 15.1. The average Bonchev–Trinajstić information content (AvgIpc) is 2.52. The summed E-state index contributed by atoms with van der Waals surface area (Å²) in [6.07, 6.45) is 0. The summed E-state index contributed by atoms with van der Waals surface area (Å²) in [5.74, 6) is 0. The normalized spacial score (nSPS) is 13.8. The van der Waals surface area contributed by atoms with Gasteiger partial charge in [0, 0.05) is 6.54 Å². The van der Waals surface area contributed by atoms with E-state index in [0.717, 1.165) is 22.3 Å². The zero-order chi connectivity index (χ0) is 18.0.